The minimum Gasteiger partial charge on any atom is -0.368 e. The van der Waals surface area contributed by atoms with Gasteiger partial charge < -0.3 is 15.4 Å². The van der Waals surface area contributed by atoms with Gasteiger partial charge in [0.1, 0.15) is 5.60 Å². The monoisotopic (exact) mass is 318 g/mol. The van der Waals surface area contributed by atoms with E-state index in [1.54, 1.807) is 7.11 Å². The molecule has 1 aromatic carbocycles. The molecule has 0 radical (unpaired) electrons. The van der Waals surface area contributed by atoms with Crippen molar-refractivity contribution in [2.24, 2.45) is 0 Å². The van der Waals surface area contributed by atoms with E-state index in [4.69, 9.17) is 4.74 Å². The van der Waals surface area contributed by atoms with Crippen LogP contribution in [0.2, 0.25) is 0 Å². The van der Waals surface area contributed by atoms with E-state index in [1.807, 2.05) is 0 Å². The Hall–Kier alpha value is -1.39. The average Bonchev–Trinajstić information content (AvgIpc) is 2.60. The van der Waals surface area contributed by atoms with Crippen molar-refractivity contribution in [2.75, 3.05) is 26.7 Å². The van der Waals surface area contributed by atoms with Crippen molar-refractivity contribution in [1.82, 2.24) is 10.6 Å². The molecule has 2 rings (SSSR count). The highest BCUT2D eigenvalue weighted by molar-refractivity contribution is 5.85. The molecular formula is C19H30N2O2. The van der Waals surface area contributed by atoms with Crippen LogP contribution in [0.1, 0.15) is 44.7 Å². The minimum atomic E-state index is -0.673. The van der Waals surface area contributed by atoms with E-state index in [0.717, 1.165) is 32.4 Å². The molecule has 4 heteroatoms. The largest absolute Gasteiger partial charge is 0.368 e. The molecule has 1 aromatic rings. The van der Waals surface area contributed by atoms with E-state index in [9.17, 15) is 4.79 Å². The molecule has 0 bridgehead atoms. The first-order valence-corrected chi connectivity index (χ1v) is 8.57. The summed E-state index contributed by atoms with van der Waals surface area (Å²) < 4.78 is 5.59. The molecule has 1 aliphatic heterocycles. The zero-order chi connectivity index (χ0) is 16.9. The highest BCUT2D eigenvalue weighted by Crippen LogP contribution is 2.25. The molecule has 1 fully saturated rings. The highest BCUT2D eigenvalue weighted by Gasteiger charge is 2.40. The number of rotatable bonds is 6. The molecule has 0 aromatic heterocycles. The maximum absolute atomic E-state index is 12.7. The van der Waals surface area contributed by atoms with E-state index in [0.29, 0.717) is 6.54 Å². The van der Waals surface area contributed by atoms with Crippen LogP contribution in [0.15, 0.2) is 24.3 Å². The van der Waals surface area contributed by atoms with Crippen molar-refractivity contribution in [3.8, 4) is 0 Å². The van der Waals surface area contributed by atoms with Crippen LogP contribution < -0.4 is 10.6 Å². The van der Waals surface area contributed by atoms with Crippen LogP contribution in [0.5, 0.6) is 0 Å². The lowest BCUT2D eigenvalue weighted by Gasteiger charge is -2.36. The molecular weight excluding hydrogens is 288 g/mol. The number of hydrogen-bond donors (Lipinski definition) is 2. The van der Waals surface area contributed by atoms with Gasteiger partial charge in [-0.05, 0) is 43.5 Å². The van der Waals surface area contributed by atoms with Gasteiger partial charge in [-0.3, -0.25) is 4.79 Å². The first-order valence-electron chi connectivity index (χ1n) is 8.57. The Morgan fingerprint density at radius 2 is 1.87 bits per heavy atom. The van der Waals surface area contributed by atoms with E-state index in [-0.39, 0.29) is 11.3 Å². The van der Waals surface area contributed by atoms with Crippen LogP contribution in [0.25, 0.3) is 0 Å². The van der Waals surface area contributed by atoms with Gasteiger partial charge in [-0.2, -0.15) is 0 Å². The second-order valence-electron chi connectivity index (χ2n) is 7.07. The van der Waals surface area contributed by atoms with Crippen molar-refractivity contribution in [1.29, 1.82) is 0 Å². The van der Waals surface area contributed by atoms with Gasteiger partial charge in [0, 0.05) is 19.1 Å². The van der Waals surface area contributed by atoms with Crippen molar-refractivity contribution >= 4 is 5.91 Å². The second-order valence-corrected chi connectivity index (χ2v) is 7.07. The molecule has 1 amide bonds. The first-order chi connectivity index (χ1) is 10.9. The molecule has 0 spiro atoms. The summed E-state index contributed by atoms with van der Waals surface area (Å²) in [6.07, 6.45) is 2.49. The predicted octanol–water partition coefficient (Wildman–Crippen LogP) is 2.41. The van der Waals surface area contributed by atoms with Gasteiger partial charge >= 0.3 is 0 Å². The number of aryl methyl sites for hydroxylation is 1. The average molecular weight is 318 g/mol. The summed E-state index contributed by atoms with van der Waals surface area (Å²) in [7, 11) is 1.64. The summed E-state index contributed by atoms with van der Waals surface area (Å²) in [5.41, 5.74) is 1.80. The predicted molar refractivity (Wildman–Crippen MR) is 93.7 cm³/mol. The molecule has 0 aliphatic carbocycles. The molecule has 0 atom stereocenters. The number of ether oxygens (including phenoxy) is 1. The quantitative estimate of drug-likeness (QED) is 0.847. The third kappa shape index (κ3) is 4.12. The molecule has 0 unspecified atom stereocenters. The summed E-state index contributed by atoms with van der Waals surface area (Å²) >= 11 is 0. The van der Waals surface area contributed by atoms with Crippen molar-refractivity contribution in [2.45, 2.75) is 51.0 Å². The Bertz CT molecular complexity index is 517. The zero-order valence-corrected chi connectivity index (χ0v) is 14.9. The molecule has 2 N–H and O–H groups in total. The molecule has 1 saturated heterocycles. The smallest absolute Gasteiger partial charge is 0.252 e. The Balaban J connectivity index is 2.00. The standard InChI is InChI=1S/C19H30N2O2/c1-5-15-6-8-16(9-7-15)18(2,3)14-21-17(22)19(23-4)10-12-20-13-11-19/h6-9,20H,5,10-14H2,1-4H3,(H,21,22). The lowest BCUT2D eigenvalue weighted by atomic mass is 9.83. The fraction of sp³-hybridized carbons (Fsp3) is 0.632. The maximum atomic E-state index is 12.7. The number of piperidine rings is 1. The molecule has 1 heterocycles. The van der Waals surface area contributed by atoms with Crippen molar-refractivity contribution in [3.63, 3.8) is 0 Å². The summed E-state index contributed by atoms with van der Waals surface area (Å²) in [6.45, 7) is 8.73. The van der Waals surface area contributed by atoms with Crippen LogP contribution >= 0.6 is 0 Å². The Kier molecular flexibility index (Phi) is 5.82. The Labute approximate surface area is 140 Å². The van der Waals surface area contributed by atoms with Gasteiger partial charge in [0.2, 0.25) is 0 Å². The number of hydrogen-bond acceptors (Lipinski definition) is 3. The number of carbonyl (C=O) groups is 1. The second kappa shape index (κ2) is 7.45. The fourth-order valence-electron chi connectivity index (χ4n) is 3.11. The van der Waals surface area contributed by atoms with Gasteiger partial charge in [-0.1, -0.05) is 45.0 Å². The Morgan fingerprint density at radius 3 is 2.39 bits per heavy atom. The minimum absolute atomic E-state index is 0.0137. The van der Waals surface area contributed by atoms with Gasteiger partial charge in [0.15, 0.2) is 0 Å². The van der Waals surface area contributed by atoms with Crippen LogP contribution in [0.3, 0.4) is 0 Å². The van der Waals surface area contributed by atoms with Crippen LogP contribution in [-0.4, -0.2) is 38.3 Å². The Morgan fingerprint density at radius 1 is 1.26 bits per heavy atom. The van der Waals surface area contributed by atoms with Crippen LogP contribution in [-0.2, 0) is 21.4 Å². The van der Waals surface area contributed by atoms with Crippen LogP contribution in [0, 0.1) is 0 Å². The number of methoxy groups -OCH3 is 1. The third-order valence-corrected chi connectivity index (χ3v) is 5.05. The van der Waals surface area contributed by atoms with E-state index >= 15 is 0 Å². The summed E-state index contributed by atoms with van der Waals surface area (Å²) in [4.78, 5) is 12.7. The number of benzene rings is 1. The maximum Gasteiger partial charge on any atom is 0.252 e. The molecule has 1 aliphatic rings. The van der Waals surface area contributed by atoms with Gasteiger partial charge in [0.25, 0.3) is 5.91 Å². The molecule has 0 saturated carbocycles. The third-order valence-electron chi connectivity index (χ3n) is 5.05. The fourth-order valence-corrected chi connectivity index (χ4v) is 3.11. The number of amides is 1. The molecule has 23 heavy (non-hydrogen) atoms. The highest BCUT2D eigenvalue weighted by atomic mass is 16.5. The summed E-state index contributed by atoms with van der Waals surface area (Å²) in [5, 5.41) is 6.40. The van der Waals surface area contributed by atoms with Crippen molar-refractivity contribution < 1.29 is 9.53 Å². The first kappa shape index (κ1) is 18.0. The topological polar surface area (TPSA) is 50.4 Å². The van der Waals surface area contributed by atoms with Gasteiger partial charge in [-0.15, -0.1) is 0 Å². The van der Waals surface area contributed by atoms with Crippen molar-refractivity contribution in [3.05, 3.63) is 35.4 Å². The number of carbonyl (C=O) groups excluding carboxylic acids is 1. The summed E-state index contributed by atoms with van der Waals surface area (Å²) in [6, 6.07) is 8.67. The van der Waals surface area contributed by atoms with Gasteiger partial charge in [-0.25, -0.2) is 0 Å². The molecule has 4 nitrogen and oxygen atoms in total. The van der Waals surface area contributed by atoms with E-state index < -0.39 is 5.60 Å². The zero-order valence-electron chi connectivity index (χ0n) is 14.9. The lowest BCUT2D eigenvalue weighted by Crippen LogP contribution is -2.55. The van der Waals surface area contributed by atoms with E-state index in [1.165, 1.54) is 11.1 Å². The van der Waals surface area contributed by atoms with Gasteiger partial charge in [0.05, 0.1) is 0 Å². The molecule has 128 valence electrons. The normalized spacial score (nSPS) is 17.7. The van der Waals surface area contributed by atoms with E-state index in [2.05, 4.69) is 55.7 Å². The summed E-state index contributed by atoms with van der Waals surface area (Å²) in [5.74, 6) is 0.0137. The SMILES string of the molecule is CCc1ccc(C(C)(C)CNC(=O)C2(OC)CCNCC2)cc1. The van der Waals surface area contributed by atoms with Crippen LogP contribution in [0.4, 0.5) is 0 Å². The number of nitrogens with one attached hydrogen (secondary N) is 2. The lowest BCUT2D eigenvalue weighted by molar-refractivity contribution is -0.146.